The topological polar surface area (TPSA) is 49.6 Å². The average molecular weight is 326 g/mol. The Morgan fingerprint density at radius 1 is 1.53 bits per heavy atom. The number of likely N-dealkylation sites (N-methyl/N-ethyl adjacent to an activating group) is 1. The number of hydrogen-bond acceptors (Lipinski definition) is 3. The van der Waals surface area contributed by atoms with E-state index in [1.165, 1.54) is 0 Å². The molecule has 0 aromatic heterocycles. The van der Waals surface area contributed by atoms with Crippen LogP contribution in [-0.4, -0.2) is 42.4 Å². The minimum absolute atomic E-state index is 0.0125. The molecule has 0 radical (unpaired) electrons. The molecule has 0 spiro atoms. The summed E-state index contributed by atoms with van der Waals surface area (Å²) in [6.07, 6.45) is 2.00. The summed E-state index contributed by atoms with van der Waals surface area (Å²) in [6, 6.07) is 5.81. The molecule has 1 aliphatic heterocycles. The minimum atomic E-state index is -0.0125. The van der Waals surface area contributed by atoms with Gasteiger partial charge in [0.25, 0.3) is 0 Å². The van der Waals surface area contributed by atoms with Gasteiger partial charge in [0.1, 0.15) is 0 Å². The van der Waals surface area contributed by atoms with E-state index < -0.39 is 0 Å². The molecule has 2 rings (SSSR count). The number of amides is 1. The van der Waals surface area contributed by atoms with Crippen LogP contribution in [0.2, 0.25) is 0 Å². The molecule has 4 nitrogen and oxygen atoms in total. The summed E-state index contributed by atoms with van der Waals surface area (Å²) in [7, 11) is 3.62. The average Bonchev–Trinajstić information content (AvgIpc) is 2.81. The SMILES string of the molecule is CN(C)C(=O)C1CCCN1Cc1c(N)cccc1Br. The summed E-state index contributed by atoms with van der Waals surface area (Å²) in [5, 5.41) is 0. The molecule has 1 saturated heterocycles. The molecule has 1 aliphatic rings. The van der Waals surface area contributed by atoms with Crippen molar-refractivity contribution in [3.05, 3.63) is 28.2 Å². The number of rotatable bonds is 3. The lowest BCUT2D eigenvalue weighted by Gasteiger charge is -2.26. The van der Waals surface area contributed by atoms with Crippen LogP contribution in [0.4, 0.5) is 5.69 Å². The fraction of sp³-hybridized carbons (Fsp3) is 0.500. The van der Waals surface area contributed by atoms with E-state index in [1.54, 1.807) is 4.90 Å². The molecule has 2 N–H and O–H groups in total. The number of anilines is 1. The molecule has 1 amide bonds. The van der Waals surface area contributed by atoms with Gasteiger partial charge in [0, 0.05) is 36.4 Å². The molecule has 0 aliphatic carbocycles. The molecule has 5 heteroatoms. The standard InChI is InChI=1S/C14H20BrN3O/c1-17(2)14(19)13-7-4-8-18(13)9-10-11(15)5-3-6-12(10)16/h3,5-6,13H,4,7-9,16H2,1-2H3. The van der Waals surface area contributed by atoms with E-state index in [2.05, 4.69) is 20.8 Å². The van der Waals surface area contributed by atoms with Gasteiger partial charge in [0.15, 0.2) is 0 Å². The number of hydrogen-bond donors (Lipinski definition) is 1. The van der Waals surface area contributed by atoms with Crippen LogP contribution in [0.1, 0.15) is 18.4 Å². The zero-order valence-electron chi connectivity index (χ0n) is 11.4. The largest absolute Gasteiger partial charge is 0.398 e. The van der Waals surface area contributed by atoms with Crippen molar-refractivity contribution in [1.82, 2.24) is 9.80 Å². The summed E-state index contributed by atoms with van der Waals surface area (Å²) >= 11 is 3.54. The summed E-state index contributed by atoms with van der Waals surface area (Å²) in [6.45, 7) is 1.67. The van der Waals surface area contributed by atoms with E-state index in [0.717, 1.165) is 41.7 Å². The maximum absolute atomic E-state index is 12.2. The van der Waals surface area contributed by atoms with Crippen LogP contribution in [0.5, 0.6) is 0 Å². The molecule has 1 aromatic carbocycles. The Bertz CT molecular complexity index is 456. The molecule has 1 atom stereocenters. The van der Waals surface area contributed by atoms with Crippen LogP contribution >= 0.6 is 15.9 Å². The van der Waals surface area contributed by atoms with Crippen LogP contribution in [-0.2, 0) is 11.3 Å². The number of halogens is 1. The van der Waals surface area contributed by atoms with E-state index in [0.29, 0.717) is 0 Å². The molecule has 0 bridgehead atoms. The van der Waals surface area contributed by atoms with Gasteiger partial charge in [-0.15, -0.1) is 0 Å². The third kappa shape index (κ3) is 3.09. The zero-order chi connectivity index (χ0) is 14.0. The Kier molecular flexibility index (Phi) is 4.47. The first-order valence-electron chi connectivity index (χ1n) is 6.48. The lowest BCUT2D eigenvalue weighted by molar-refractivity contribution is -0.133. The van der Waals surface area contributed by atoms with Gasteiger partial charge in [0.2, 0.25) is 5.91 Å². The second-order valence-corrected chi connectivity index (χ2v) is 6.02. The highest BCUT2D eigenvalue weighted by atomic mass is 79.9. The van der Waals surface area contributed by atoms with Gasteiger partial charge in [0.05, 0.1) is 6.04 Å². The Hall–Kier alpha value is -1.07. The monoisotopic (exact) mass is 325 g/mol. The lowest BCUT2D eigenvalue weighted by Crippen LogP contribution is -2.42. The first-order chi connectivity index (χ1) is 9.00. The molecule has 1 unspecified atom stereocenters. The van der Waals surface area contributed by atoms with E-state index in [1.807, 2.05) is 32.3 Å². The molecule has 19 heavy (non-hydrogen) atoms. The predicted octanol–water partition coefficient (Wildman–Crippen LogP) is 2.08. The predicted molar refractivity (Wildman–Crippen MR) is 80.7 cm³/mol. The number of benzene rings is 1. The van der Waals surface area contributed by atoms with Crippen LogP contribution in [0.3, 0.4) is 0 Å². The number of nitrogens with zero attached hydrogens (tertiary/aromatic N) is 2. The minimum Gasteiger partial charge on any atom is -0.398 e. The Labute approximate surface area is 122 Å². The van der Waals surface area contributed by atoms with Crippen LogP contribution in [0.25, 0.3) is 0 Å². The quantitative estimate of drug-likeness (QED) is 0.866. The fourth-order valence-electron chi connectivity index (χ4n) is 2.54. The van der Waals surface area contributed by atoms with Gasteiger partial charge < -0.3 is 10.6 Å². The molecule has 1 aromatic rings. The van der Waals surface area contributed by atoms with Crippen molar-refractivity contribution in [3.63, 3.8) is 0 Å². The number of likely N-dealkylation sites (tertiary alicyclic amines) is 1. The number of carbonyl (C=O) groups is 1. The molecule has 1 heterocycles. The number of nitrogens with two attached hydrogens (primary N) is 1. The highest BCUT2D eigenvalue weighted by Crippen LogP contribution is 2.28. The van der Waals surface area contributed by atoms with Crippen molar-refractivity contribution in [3.8, 4) is 0 Å². The van der Waals surface area contributed by atoms with Crippen LogP contribution in [0.15, 0.2) is 22.7 Å². The lowest BCUT2D eigenvalue weighted by atomic mass is 10.1. The highest BCUT2D eigenvalue weighted by molar-refractivity contribution is 9.10. The van der Waals surface area contributed by atoms with Crippen molar-refractivity contribution in [1.29, 1.82) is 0 Å². The zero-order valence-corrected chi connectivity index (χ0v) is 13.0. The van der Waals surface area contributed by atoms with E-state index in [4.69, 9.17) is 5.73 Å². The second-order valence-electron chi connectivity index (χ2n) is 5.17. The van der Waals surface area contributed by atoms with Crippen molar-refractivity contribution < 1.29 is 4.79 Å². The number of carbonyl (C=O) groups excluding carboxylic acids is 1. The molecule has 1 fully saturated rings. The Morgan fingerprint density at radius 2 is 2.26 bits per heavy atom. The molecular formula is C14H20BrN3O. The van der Waals surface area contributed by atoms with Gasteiger partial charge in [-0.2, -0.15) is 0 Å². The second kappa shape index (κ2) is 5.92. The van der Waals surface area contributed by atoms with Gasteiger partial charge in [-0.05, 0) is 31.5 Å². The summed E-state index contributed by atoms with van der Waals surface area (Å²) in [5.41, 5.74) is 7.87. The van der Waals surface area contributed by atoms with Gasteiger partial charge in [-0.25, -0.2) is 0 Å². The van der Waals surface area contributed by atoms with E-state index in [9.17, 15) is 4.79 Å². The van der Waals surface area contributed by atoms with Gasteiger partial charge in [-0.3, -0.25) is 9.69 Å². The van der Waals surface area contributed by atoms with Crippen molar-refractivity contribution >= 4 is 27.5 Å². The third-order valence-electron chi connectivity index (χ3n) is 3.61. The Balaban J connectivity index is 2.16. The maximum atomic E-state index is 12.2. The summed E-state index contributed by atoms with van der Waals surface area (Å²) in [5.74, 6) is 0.183. The highest BCUT2D eigenvalue weighted by Gasteiger charge is 2.32. The summed E-state index contributed by atoms with van der Waals surface area (Å²) in [4.78, 5) is 16.1. The van der Waals surface area contributed by atoms with Gasteiger partial charge >= 0.3 is 0 Å². The normalized spacial score (nSPS) is 19.6. The molecule has 104 valence electrons. The molecular weight excluding hydrogens is 306 g/mol. The smallest absolute Gasteiger partial charge is 0.239 e. The van der Waals surface area contributed by atoms with E-state index >= 15 is 0 Å². The van der Waals surface area contributed by atoms with Gasteiger partial charge in [-0.1, -0.05) is 22.0 Å². The Morgan fingerprint density at radius 3 is 2.89 bits per heavy atom. The van der Waals surface area contributed by atoms with Crippen molar-refractivity contribution in [2.24, 2.45) is 0 Å². The van der Waals surface area contributed by atoms with Crippen LogP contribution in [0, 0.1) is 0 Å². The summed E-state index contributed by atoms with van der Waals surface area (Å²) < 4.78 is 1.01. The maximum Gasteiger partial charge on any atom is 0.239 e. The first kappa shape index (κ1) is 14.3. The van der Waals surface area contributed by atoms with Crippen molar-refractivity contribution in [2.75, 3.05) is 26.4 Å². The first-order valence-corrected chi connectivity index (χ1v) is 7.28. The van der Waals surface area contributed by atoms with E-state index in [-0.39, 0.29) is 11.9 Å². The molecule has 0 saturated carbocycles. The fourth-order valence-corrected chi connectivity index (χ4v) is 3.05. The van der Waals surface area contributed by atoms with Crippen molar-refractivity contribution in [2.45, 2.75) is 25.4 Å². The third-order valence-corrected chi connectivity index (χ3v) is 4.35. The number of nitrogen functional groups attached to an aromatic ring is 1. The van der Waals surface area contributed by atoms with Crippen LogP contribution < -0.4 is 5.73 Å².